The molecule has 0 spiro atoms. The summed E-state index contributed by atoms with van der Waals surface area (Å²) in [5, 5.41) is 0. The van der Waals surface area contributed by atoms with Crippen molar-refractivity contribution in [3.8, 4) is 0 Å². The molecule has 0 aliphatic rings. The fraction of sp³-hybridized carbons (Fsp3) is 0.714. The average molecular weight is 143 g/mol. The molecule has 0 aliphatic heterocycles. The molecule has 58 valence electrons. The zero-order valence-electron chi connectivity index (χ0n) is 6.68. The third kappa shape index (κ3) is 5.44. The van der Waals surface area contributed by atoms with Crippen LogP contribution in [0.4, 0.5) is 0 Å². The highest BCUT2D eigenvalue weighted by Crippen LogP contribution is 1.82. The van der Waals surface area contributed by atoms with Crippen molar-refractivity contribution in [2.75, 3.05) is 20.1 Å². The first-order valence-corrected chi connectivity index (χ1v) is 3.20. The van der Waals surface area contributed by atoms with Crippen molar-refractivity contribution in [3.05, 3.63) is 0 Å². The second-order valence-electron chi connectivity index (χ2n) is 2.58. The summed E-state index contributed by atoms with van der Waals surface area (Å²) in [6.07, 6.45) is 0. The van der Waals surface area contributed by atoms with E-state index in [1.807, 2.05) is 0 Å². The number of hydrogen-bond acceptors (Lipinski definition) is 3. The third-order valence-corrected chi connectivity index (χ3v) is 0.985. The largest absolute Gasteiger partial charge is 0.299 e. The number of Topliss-reactive ketones (excluding diaryl/α,β-unsaturated/α-hetero) is 2. The number of likely N-dealkylation sites (N-methyl/N-ethyl adjacent to an activating group) is 1. The van der Waals surface area contributed by atoms with E-state index in [9.17, 15) is 9.59 Å². The van der Waals surface area contributed by atoms with Crippen molar-refractivity contribution in [2.24, 2.45) is 0 Å². The van der Waals surface area contributed by atoms with E-state index in [1.54, 1.807) is 11.9 Å². The van der Waals surface area contributed by atoms with E-state index in [1.165, 1.54) is 13.8 Å². The van der Waals surface area contributed by atoms with Gasteiger partial charge in [0.2, 0.25) is 0 Å². The van der Waals surface area contributed by atoms with Crippen molar-refractivity contribution in [1.29, 1.82) is 0 Å². The Morgan fingerprint density at radius 3 is 1.60 bits per heavy atom. The van der Waals surface area contributed by atoms with Crippen molar-refractivity contribution >= 4 is 11.6 Å². The Morgan fingerprint density at radius 2 is 1.40 bits per heavy atom. The van der Waals surface area contributed by atoms with E-state index in [0.29, 0.717) is 13.1 Å². The number of carbonyl (C=O) groups excluding carboxylic acids is 2. The summed E-state index contributed by atoms with van der Waals surface area (Å²) in [6.45, 7) is 3.74. The Kier molecular flexibility index (Phi) is 3.88. The van der Waals surface area contributed by atoms with Crippen LogP contribution in [0.15, 0.2) is 0 Å². The lowest BCUT2D eigenvalue weighted by Crippen LogP contribution is -2.28. The minimum absolute atomic E-state index is 0.0868. The molecule has 0 amide bonds. The molecule has 3 nitrogen and oxygen atoms in total. The van der Waals surface area contributed by atoms with Gasteiger partial charge in [0.05, 0.1) is 13.1 Å². The molecule has 0 aromatic rings. The highest BCUT2D eigenvalue weighted by atomic mass is 16.1. The van der Waals surface area contributed by atoms with Crippen LogP contribution < -0.4 is 0 Å². The van der Waals surface area contributed by atoms with Crippen LogP contribution in [0.25, 0.3) is 0 Å². The quantitative estimate of drug-likeness (QED) is 0.560. The Morgan fingerprint density at radius 1 is 1.10 bits per heavy atom. The van der Waals surface area contributed by atoms with Crippen LogP contribution >= 0.6 is 0 Å². The molecule has 3 heteroatoms. The molecule has 0 unspecified atom stereocenters. The lowest BCUT2D eigenvalue weighted by atomic mass is 10.3. The molecule has 0 aromatic heterocycles. The average Bonchev–Trinajstić information content (AvgIpc) is 1.58. The highest BCUT2D eigenvalue weighted by Gasteiger charge is 2.02. The summed E-state index contributed by atoms with van der Waals surface area (Å²) in [7, 11) is 1.75. The fourth-order valence-corrected chi connectivity index (χ4v) is 0.816. The predicted molar refractivity (Wildman–Crippen MR) is 38.9 cm³/mol. The number of rotatable bonds is 4. The van der Waals surface area contributed by atoms with Crippen LogP contribution in [0.1, 0.15) is 13.8 Å². The van der Waals surface area contributed by atoms with Gasteiger partial charge < -0.3 is 0 Å². The van der Waals surface area contributed by atoms with Gasteiger partial charge in [-0.1, -0.05) is 0 Å². The predicted octanol–water partition coefficient (Wildman–Crippen LogP) is 0.0962. The first kappa shape index (κ1) is 9.30. The van der Waals surface area contributed by atoms with Gasteiger partial charge in [0.1, 0.15) is 11.6 Å². The van der Waals surface area contributed by atoms with E-state index in [0.717, 1.165) is 0 Å². The van der Waals surface area contributed by atoms with Crippen LogP contribution in [-0.2, 0) is 9.59 Å². The van der Waals surface area contributed by atoms with E-state index in [-0.39, 0.29) is 11.6 Å². The number of carbonyl (C=O) groups is 2. The molecule has 0 heterocycles. The Bertz CT molecular complexity index is 127. The number of ketones is 2. The van der Waals surface area contributed by atoms with Gasteiger partial charge in [-0.15, -0.1) is 0 Å². The topological polar surface area (TPSA) is 37.4 Å². The van der Waals surface area contributed by atoms with E-state index in [2.05, 4.69) is 0 Å². The summed E-state index contributed by atoms with van der Waals surface area (Å²) >= 11 is 0. The minimum Gasteiger partial charge on any atom is -0.299 e. The molecule has 0 rings (SSSR count). The summed E-state index contributed by atoms with van der Waals surface area (Å²) in [6, 6.07) is 0. The first-order chi connectivity index (χ1) is 4.52. The Labute approximate surface area is 61.0 Å². The van der Waals surface area contributed by atoms with Gasteiger partial charge in [0, 0.05) is 0 Å². The zero-order valence-corrected chi connectivity index (χ0v) is 6.68. The van der Waals surface area contributed by atoms with Gasteiger partial charge in [-0.25, -0.2) is 0 Å². The summed E-state index contributed by atoms with van der Waals surface area (Å²) < 4.78 is 0. The monoisotopic (exact) mass is 143 g/mol. The van der Waals surface area contributed by atoms with Crippen LogP contribution in [-0.4, -0.2) is 36.6 Å². The van der Waals surface area contributed by atoms with Gasteiger partial charge in [-0.05, 0) is 20.9 Å². The van der Waals surface area contributed by atoms with E-state index < -0.39 is 0 Å². The molecule has 0 N–H and O–H groups in total. The van der Waals surface area contributed by atoms with Gasteiger partial charge in [0.25, 0.3) is 0 Å². The van der Waals surface area contributed by atoms with Crippen LogP contribution in [0.2, 0.25) is 0 Å². The normalized spacial score (nSPS) is 10.0. The van der Waals surface area contributed by atoms with Crippen LogP contribution in [0.5, 0.6) is 0 Å². The molecule has 0 radical (unpaired) electrons. The lowest BCUT2D eigenvalue weighted by molar-refractivity contribution is -0.120. The van der Waals surface area contributed by atoms with E-state index >= 15 is 0 Å². The SMILES string of the molecule is CC(=O)CN(C)CC(C)=O. The lowest BCUT2D eigenvalue weighted by Gasteiger charge is -2.11. The maximum atomic E-state index is 10.5. The maximum absolute atomic E-state index is 10.5. The molecule has 10 heavy (non-hydrogen) atoms. The van der Waals surface area contributed by atoms with Gasteiger partial charge in [0.15, 0.2) is 0 Å². The molecule has 0 aromatic carbocycles. The Balaban J connectivity index is 3.53. The molecule has 0 fully saturated rings. The summed E-state index contributed by atoms with van der Waals surface area (Å²) in [5.41, 5.74) is 0. The molecule has 0 saturated carbocycles. The number of nitrogens with zero attached hydrogens (tertiary/aromatic N) is 1. The van der Waals surface area contributed by atoms with Crippen molar-refractivity contribution in [3.63, 3.8) is 0 Å². The van der Waals surface area contributed by atoms with Crippen molar-refractivity contribution < 1.29 is 9.59 Å². The van der Waals surface area contributed by atoms with Gasteiger partial charge in [-0.3, -0.25) is 14.5 Å². The molecular formula is C7H13NO2. The highest BCUT2D eigenvalue weighted by molar-refractivity contribution is 5.80. The second kappa shape index (κ2) is 4.17. The molecule has 0 atom stereocenters. The minimum atomic E-state index is 0.0868. The molecule has 0 aliphatic carbocycles. The van der Waals surface area contributed by atoms with E-state index in [4.69, 9.17) is 0 Å². The summed E-state index contributed by atoms with van der Waals surface area (Å²) in [5.74, 6) is 0.174. The standard InChI is InChI=1S/C7H13NO2/c1-6(9)4-8(3)5-7(2)10/h4-5H2,1-3H3. The van der Waals surface area contributed by atoms with Crippen molar-refractivity contribution in [2.45, 2.75) is 13.8 Å². The van der Waals surface area contributed by atoms with Gasteiger partial charge in [-0.2, -0.15) is 0 Å². The summed E-state index contributed by atoms with van der Waals surface area (Å²) in [4.78, 5) is 22.7. The van der Waals surface area contributed by atoms with Crippen LogP contribution in [0, 0.1) is 0 Å². The first-order valence-electron chi connectivity index (χ1n) is 3.20. The fourth-order valence-electron chi connectivity index (χ4n) is 0.816. The molecular weight excluding hydrogens is 130 g/mol. The number of hydrogen-bond donors (Lipinski definition) is 0. The van der Waals surface area contributed by atoms with Crippen molar-refractivity contribution in [1.82, 2.24) is 4.90 Å². The van der Waals surface area contributed by atoms with Gasteiger partial charge >= 0.3 is 0 Å². The Hall–Kier alpha value is -0.700. The second-order valence-corrected chi connectivity index (χ2v) is 2.58. The smallest absolute Gasteiger partial charge is 0.143 e. The van der Waals surface area contributed by atoms with Crippen LogP contribution in [0.3, 0.4) is 0 Å². The third-order valence-electron chi connectivity index (χ3n) is 0.985. The molecule has 0 saturated heterocycles. The molecule has 0 bridgehead atoms. The maximum Gasteiger partial charge on any atom is 0.143 e. The zero-order chi connectivity index (χ0) is 8.15.